The van der Waals surface area contributed by atoms with Crippen molar-refractivity contribution < 1.29 is 19.5 Å². The maximum Gasteiger partial charge on any atom is 0.336 e. The number of carboxylic acids is 1. The molecule has 2 amide bonds. The quantitative estimate of drug-likeness (QED) is 0.769. The standard InChI is InChI=1S/C12H11NO4/c1-2-3-6-4-5-7-9(8(6)12(16)17)11(15)13-10(7)14/h4-5H,2-3H2,1H3,(H,16,17)(H,13,14,15). The summed E-state index contributed by atoms with van der Waals surface area (Å²) in [6, 6.07) is 3.11. The van der Waals surface area contributed by atoms with Crippen LogP contribution >= 0.6 is 0 Å². The lowest BCUT2D eigenvalue weighted by Crippen LogP contribution is -2.21. The van der Waals surface area contributed by atoms with Crippen LogP contribution in [0.3, 0.4) is 0 Å². The summed E-state index contributed by atoms with van der Waals surface area (Å²) < 4.78 is 0. The van der Waals surface area contributed by atoms with Gasteiger partial charge in [-0.3, -0.25) is 14.9 Å². The number of aryl methyl sites for hydroxylation is 1. The van der Waals surface area contributed by atoms with Crippen LogP contribution in [0.25, 0.3) is 0 Å². The van der Waals surface area contributed by atoms with Gasteiger partial charge in [0.15, 0.2) is 0 Å². The maximum atomic E-state index is 11.6. The first kappa shape index (κ1) is 11.3. The van der Waals surface area contributed by atoms with E-state index in [1.54, 1.807) is 6.07 Å². The number of amides is 2. The van der Waals surface area contributed by atoms with E-state index in [4.69, 9.17) is 5.11 Å². The zero-order chi connectivity index (χ0) is 12.6. The molecular weight excluding hydrogens is 222 g/mol. The molecule has 1 aromatic carbocycles. The summed E-state index contributed by atoms with van der Waals surface area (Å²) in [5.41, 5.74) is 0.678. The number of carboxylic acid groups (broad SMARTS) is 1. The molecule has 1 heterocycles. The molecule has 0 fully saturated rings. The molecule has 0 saturated carbocycles. The molecule has 0 radical (unpaired) electrons. The van der Waals surface area contributed by atoms with Crippen molar-refractivity contribution in [3.63, 3.8) is 0 Å². The normalized spacial score (nSPS) is 13.5. The van der Waals surface area contributed by atoms with Crippen LogP contribution in [0, 0.1) is 0 Å². The molecule has 1 aromatic rings. The molecule has 2 N–H and O–H groups in total. The van der Waals surface area contributed by atoms with Gasteiger partial charge in [-0.15, -0.1) is 0 Å². The number of rotatable bonds is 3. The summed E-state index contributed by atoms with van der Waals surface area (Å²) in [7, 11) is 0. The molecule has 5 heteroatoms. The van der Waals surface area contributed by atoms with Crippen molar-refractivity contribution >= 4 is 17.8 Å². The van der Waals surface area contributed by atoms with Crippen molar-refractivity contribution in [2.75, 3.05) is 0 Å². The Morgan fingerprint density at radius 1 is 1.29 bits per heavy atom. The van der Waals surface area contributed by atoms with Crippen LogP contribution in [0.4, 0.5) is 0 Å². The lowest BCUT2D eigenvalue weighted by molar-refractivity contribution is 0.0689. The van der Waals surface area contributed by atoms with Gasteiger partial charge in [0.2, 0.25) is 0 Å². The molecule has 1 aliphatic heterocycles. The van der Waals surface area contributed by atoms with Crippen molar-refractivity contribution in [3.8, 4) is 0 Å². The average Bonchev–Trinajstić information content (AvgIpc) is 2.54. The fourth-order valence-corrected chi connectivity index (χ4v) is 2.03. The second-order valence-electron chi connectivity index (χ2n) is 3.86. The monoisotopic (exact) mass is 233 g/mol. The Morgan fingerprint density at radius 3 is 2.59 bits per heavy atom. The molecule has 0 aliphatic carbocycles. The smallest absolute Gasteiger partial charge is 0.336 e. The molecular formula is C12H11NO4. The number of hydrogen-bond donors (Lipinski definition) is 2. The third-order valence-corrected chi connectivity index (χ3v) is 2.72. The van der Waals surface area contributed by atoms with E-state index in [1.165, 1.54) is 6.07 Å². The summed E-state index contributed by atoms with van der Waals surface area (Å²) >= 11 is 0. The first-order chi connectivity index (χ1) is 8.06. The molecule has 0 atom stereocenters. The summed E-state index contributed by atoms with van der Waals surface area (Å²) in [5.74, 6) is -2.33. The van der Waals surface area contributed by atoms with Gasteiger partial charge in [0, 0.05) is 0 Å². The Morgan fingerprint density at radius 2 is 2.00 bits per heavy atom. The molecule has 5 nitrogen and oxygen atoms in total. The highest BCUT2D eigenvalue weighted by Gasteiger charge is 2.33. The molecule has 1 aliphatic rings. The first-order valence-corrected chi connectivity index (χ1v) is 5.31. The minimum Gasteiger partial charge on any atom is -0.478 e. The van der Waals surface area contributed by atoms with Gasteiger partial charge < -0.3 is 5.11 Å². The first-order valence-electron chi connectivity index (χ1n) is 5.31. The van der Waals surface area contributed by atoms with E-state index in [2.05, 4.69) is 5.32 Å². The minimum atomic E-state index is -1.17. The lowest BCUT2D eigenvalue weighted by Gasteiger charge is -2.07. The lowest BCUT2D eigenvalue weighted by atomic mass is 9.95. The Balaban J connectivity index is 2.70. The molecule has 17 heavy (non-hydrogen) atoms. The van der Waals surface area contributed by atoms with Crippen molar-refractivity contribution in [1.82, 2.24) is 5.32 Å². The van der Waals surface area contributed by atoms with Gasteiger partial charge in [0.05, 0.1) is 16.7 Å². The fourth-order valence-electron chi connectivity index (χ4n) is 2.03. The molecule has 0 bridgehead atoms. The number of aromatic carboxylic acids is 1. The van der Waals surface area contributed by atoms with E-state index < -0.39 is 17.8 Å². The highest BCUT2D eigenvalue weighted by atomic mass is 16.4. The van der Waals surface area contributed by atoms with Crippen molar-refractivity contribution in [1.29, 1.82) is 0 Å². The van der Waals surface area contributed by atoms with Gasteiger partial charge in [0.1, 0.15) is 0 Å². The number of imide groups is 1. The van der Waals surface area contributed by atoms with Crippen LogP contribution in [0.5, 0.6) is 0 Å². The van der Waals surface area contributed by atoms with Gasteiger partial charge in [-0.25, -0.2) is 4.79 Å². The number of nitrogens with one attached hydrogen (secondary N) is 1. The number of fused-ring (bicyclic) bond motifs is 1. The highest BCUT2D eigenvalue weighted by molar-refractivity contribution is 6.24. The van der Waals surface area contributed by atoms with Crippen LogP contribution in [0.15, 0.2) is 12.1 Å². The van der Waals surface area contributed by atoms with Gasteiger partial charge in [-0.2, -0.15) is 0 Å². The van der Waals surface area contributed by atoms with Gasteiger partial charge in [-0.1, -0.05) is 19.4 Å². The third kappa shape index (κ3) is 1.69. The van der Waals surface area contributed by atoms with Crippen LogP contribution in [-0.2, 0) is 6.42 Å². The molecule has 0 aromatic heterocycles. The Labute approximate surface area is 97.4 Å². The fraction of sp³-hybridized carbons (Fsp3) is 0.250. The third-order valence-electron chi connectivity index (χ3n) is 2.72. The summed E-state index contributed by atoms with van der Waals surface area (Å²) in [6.45, 7) is 1.92. The predicted octanol–water partition coefficient (Wildman–Crippen LogP) is 1.22. The molecule has 0 saturated heterocycles. The second kappa shape index (κ2) is 4.01. The van der Waals surface area contributed by atoms with E-state index in [9.17, 15) is 14.4 Å². The summed E-state index contributed by atoms with van der Waals surface area (Å²) in [5, 5.41) is 11.3. The molecule has 88 valence electrons. The molecule has 0 unspecified atom stereocenters. The van der Waals surface area contributed by atoms with Gasteiger partial charge in [0.25, 0.3) is 11.8 Å². The number of carbonyl (C=O) groups excluding carboxylic acids is 2. The average molecular weight is 233 g/mol. The topological polar surface area (TPSA) is 83.5 Å². The van der Waals surface area contributed by atoms with E-state index in [1.807, 2.05) is 6.92 Å². The Bertz CT molecular complexity index is 534. The SMILES string of the molecule is CCCc1ccc2c(c1C(=O)O)C(=O)NC2=O. The zero-order valence-corrected chi connectivity index (χ0v) is 9.24. The van der Waals surface area contributed by atoms with Crippen LogP contribution < -0.4 is 5.32 Å². The van der Waals surface area contributed by atoms with E-state index in [0.29, 0.717) is 12.0 Å². The van der Waals surface area contributed by atoms with Crippen molar-refractivity contribution in [2.24, 2.45) is 0 Å². The zero-order valence-electron chi connectivity index (χ0n) is 9.24. The van der Waals surface area contributed by atoms with Gasteiger partial charge >= 0.3 is 5.97 Å². The number of carbonyl (C=O) groups is 3. The number of benzene rings is 1. The molecule has 2 rings (SSSR count). The van der Waals surface area contributed by atoms with Crippen LogP contribution in [0.2, 0.25) is 0 Å². The van der Waals surface area contributed by atoms with Crippen LogP contribution in [-0.4, -0.2) is 22.9 Å². The number of hydrogen-bond acceptors (Lipinski definition) is 3. The highest BCUT2D eigenvalue weighted by Crippen LogP contribution is 2.24. The maximum absolute atomic E-state index is 11.6. The Kier molecular flexibility index (Phi) is 2.67. The van der Waals surface area contributed by atoms with Crippen molar-refractivity contribution in [3.05, 3.63) is 34.4 Å². The summed E-state index contributed by atoms with van der Waals surface area (Å²) in [6.07, 6.45) is 1.34. The summed E-state index contributed by atoms with van der Waals surface area (Å²) in [4.78, 5) is 34.2. The van der Waals surface area contributed by atoms with E-state index >= 15 is 0 Å². The predicted molar refractivity (Wildman–Crippen MR) is 59.2 cm³/mol. The second-order valence-corrected chi connectivity index (χ2v) is 3.86. The molecule has 0 spiro atoms. The van der Waals surface area contributed by atoms with E-state index in [-0.39, 0.29) is 16.7 Å². The largest absolute Gasteiger partial charge is 0.478 e. The van der Waals surface area contributed by atoms with Crippen LogP contribution in [0.1, 0.15) is 50.0 Å². The van der Waals surface area contributed by atoms with Gasteiger partial charge in [-0.05, 0) is 18.1 Å². The Hall–Kier alpha value is -2.17. The minimum absolute atomic E-state index is 0.00606. The van der Waals surface area contributed by atoms with E-state index in [0.717, 1.165) is 6.42 Å². The van der Waals surface area contributed by atoms with Crippen molar-refractivity contribution in [2.45, 2.75) is 19.8 Å².